The Hall–Kier alpha value is -2.22. The number of nitrogens with zero attached hydrogens (tertiary/aromatic N) is 4. The highest BCUT2D eigenvalue weighted by atomic mass is 35.5. The quantitative estimate of drug-likeness (QED) is 0.524. The van der Waals surface area contributed by atoms with Crippen molar-refractivity contribution in [2.75, 3.05) is 0 Å². The van der Waals surface area contributed by atoms with Crippen LogP contribution in [0.1, 0.15) is 42.8 Å². The molecule has 2 N–H and O–H groups in total. The maximum Gasteiger partial charge on any atom is 0.268 e. The molecule has 3 heterocycles. The van der Waals surface area contributed by atoms with Crippen molar-refractivity contribution in [3.8, 4) is 10.8 Å². The van der Waals surface area contributed by atoms with Gasteiger partial charge in [0.1, 0.15) is 4.83 Å². The summed E-state index contributed by atoms with van der Waals surface area (Å²) >= 11 is 1.64. The lowest BCUT2D eigenvalue weighted by atomic mass is 9.99. The summed E-state index contributed by atoms with van der Waals surface area (Å²) in [5, 5.41) is 10.0. The molecular formula is C20H22ClN5OS. The van der Waals surface area contributed by atoms with Crippen LogP contribution in [0.4, 0.5) is 0 Å². The lowest BCUT2D eigenvalue weighted by Crippen LogP contribution is -2.34. The highest BCUT2D eigenvalue weighted by molar-refractivity contribution is 7.21. The van der Waals surface area contributed by atoms with Gasteiger partial charge in [-0.05, 0) is 31.4 Å². The Morgan fingerprint density at radius 2 is 1.96 bits per heavy atom. The molecule has 1 saturated carbocycles. The standard InChI is InChI=1S/C20H21N5OS.ClH/c1-13-15-11-16(17-22-19(24-26-17)20(21)9-5-6-10-20)27-18(15)25(23-13)12-14-7-3-2-4-8-14;/h2-4,7-8,11H,5-6,9-10,12,21H2,1H3;1H. The summed E-state index contributed by atoms with van der Waals surface area (Å²) in [6, 6.07) is 12.5. The average Bonchev–Trinajstić information content (AvgIpc) is 3.43. The molecule has 1 fully saturated rings. The summed E-state index contributed by atoms with van der Waals surface area (Å²) in [7, 11) is 0. The minimum Gasteiger partial charge on any atom is -0.333 e. The van der Waals surface area contributed by atoms with E-state index in [9.17, 15) is 0 Å². The number of aryl methyl sites for hydroxylation is 1. The fraction of sp³-hybridized carbons (Fsp3) is 0.350. The van der Waals surface area contributed by atoms with E-state index >= 15 is 0 Å². The number of aromatic nitrogens is 4. The van der Waals surface area contributed by atoms with Crippen LogP contribution in [-0.4, -0.2) is 19.9 Å². The number of thiophene rings is 1. The molecule has 0 bridgehead atoms. The first kappa shape index (κ1) is 19.1. The Morgan fingerprint density at radius 1 is 1.21 bits per heavy atom. The van der Waals surface area contributed by atoms with E-state index < -0.39 is 5.54 Å². The predicted molar refractivity (Wildman–Crippen MR) is 113 cm³/mol. The highest BCUT2D eigenvalue weighted by Gasteiger charge is 2.36. The molecule has 6 nitrogen and oxygen atoms in total. The van der Waals surface area contributed by atoms with Crippen molar-refractivity contribution in [2.24, 2.45) is 5.73 Å². The largest absolute Gasteiger partial charge is 0.333 e. The summed E-state index contributed by atoms with van der Waals surface area (Å²) in [4.78, 5) is 6.72. The van der Waals surface area contributed by atoms with Crippen LogP contribution in [0, 0.1) is 6.92 Å². The second-order valence-electron chi connectivity index (χ2n) is 7.34. The number of nitrogens with two attached hydrogens (primary N) is 1. The summed E-state index contributed by atoms with van der Waals surface area (Å²) in [6.45, 7) is 2.78. The lowest BCUT2D eigenvalue weighted by molar-refractivity contribution is 0.373. The molecular weight excluding hydrogens is 394 g/mol. The minimum atomic E-state index is -0.432. The van der Waals surface area contributed by atoms with Crippen molar-refractivity contribution in [2.45, 2.75) is 44.7 Å². The summed E-state index contributed by atoms with van der Waals surface area (Å²) in [6.07, 6.45) is 4.09. The fourth-order valence-electron chi connectivity index (χ4n) is 3.84. The number of hydrogen-bond donors (Lipinski definition) is 1. The van der Waals surface area contributed by atoms with E-state index in [2.05, 4.69) is 28.3 Å². The van der Waals surface area contributed by atoms with Crippen LogP contribution >= 0.6 is 23.7 Å². The molecule has 8 heteroatoms. The zero-order valence-corrected chi connectivity index (χ0v) is 17.2. The monoisotopic (exact) mass is 415 g/mol. The van der Waals surface area contributed by atoms with Crippen LogP contribution in [0.25, 0.3) is 21.0 Å². The van der Waals surface area contributed by atoms with Crippen molar-refractivity contribution >= 4 is 34.0 Å². The van der Waals surface area contributed by atoms with Gasteiger partial charge in [-0.15, -0.1) is 23.7 Å². The van der Waals surface area contributed by atoms with Crippen LogP contribution in [-0.2, 0) is 12.1 Å². The van der Waals surface area contributed by atoms with Gasteiger partial charge in [-0.2, -0.15) is 10.1 Å². The molecule has 1 aliphatic rings. The van der Waals surface area contributed by atoms with Gasteiger partial charge in [0, 0.05) is 5.39 Å². The van der Waals surface area contributed by atoms with Gasteiger partial charge in [0.15, 0.2) is 5.82 Å². The summed E-state index contributed by atoms with van der Waals surface area (Å²) < 4.78 is 7.61. The third-order valence-electron chi connectivity index (χ3n) is 5.36. The van der Waals surface area contributed by atoms with Crippen molar-refractivity contribution in [3.05, 3.63) is 53.5 Å². The lowest BCUT2D eigenvalue weighted by Gasteiger charge is -2.17. The van der Waals surface area contributed by atoms with Crippen LogP contribution in [0.5, 0.6) is 0 Å². The molecule has 28 heavy (non-hydrogen) atoms. The fourth-order valence-corrected chi connectivity index (χ4v) is 4.92. The van der Waals surface area contributed by atoms with E-state index in [0.29, 0.717) is 11.7 Å². The van der Waals surface area contributed by atoms with E-state index in [4.69, 9.17) is 15.4 Å². The minimum absolute atomic E-state index is 0. The molecule has 0 unspecified atom stereocenters. The molecule has 5 rings (SSSR count). The topological polar surface area (TPSA) is 82.8 Å². The van der Waals surface area contributed by atoms with Gasteiger partial charge in [0.2, 0.25) is 0 Å². The second kappa shape index (κ2) is 7.31. The van der Waals surface area contributed by atoms with Crippen molar-refractivity contribution in [1.29, 1.82) is 0 Å². The van der Waals surface area contributed by atoms with Crippen LogP contribution in [0.15, 0.2) is 40.9 Å². The third kappa shape index (κ3) is 3.23. The van der Waals surface area contributed by atoms with E-state index in [1.807, 2.05) is 29.8 Å². The van der Waals surface area contributed by atoms with Crippen molar-refractivity contribution in [3.63, 3.8) is 0 Å². The Kier molecular flexibility index (Phi) is 4.99. The van der Waals surface area contributed by atoms with E-state index in [1.165, 1.54) is 5.56 Å². The van der Waals surface area contributed by atoms with E-state index in [1.54, 1.807) is 11.3 Å². The summed E-state index contributed by atoms with van der Waals surface area (Å²) in [5.74, 6) is 1.18. The number of hydrogen-bond acceptors (Lipinski definition) is 6. The maximum absolute atomic E-state index is 6.47. The molecule has 146 valence electrons. The number of halogens is 1. The first-order valence-corrected chi connectivity index (χ1v) is 10.1. The Morgan fingerprint density at radius 3 is 2.71 bits per heavy atom. The Balaban J connectivity index is 0.00000192. The molecule has 0 aliphatic heterocycles. The smallest absolute Gasteiger partial charge is 0.268 e. The molecule has 0 saturated heterocycles. The van der Waals surface area contributed by atoms with Gasteiger partial charge in [-0.25, -0.2) is 0 Å². The van der Waals surface area contributed by atoms with Gasteiger partial charge < -0.3 is 10.3 Å². The molecule has 4 aromatic rings. The van der Waals surface area contributed by atoms with Gasteiger partial charge in [-0.3, -0.25) is 4.68 Å². The van der Waals surface area contributed by atoms with E-state index in [-0.39, 0.29) is 12.4 Å². The van der Waals surface area contributed by atoms with Gasteiger partial charge in [0.25, 0.3) is 5.89 Å². The maximum atomic E-state index is 6.47. The Labute approximate surface area is 173 Å². The average molecular weight is 416 g/mol. The zero-order valence-electron chi connectivity index (χ0n) is 15.6. The van der Waals surface area contributed by atoms with Crippen LogP contribution < -0.4 is 5.73 Å². The molecule has 0 atom stereocenters. The molecule has 0 amide bonds. The van der Waals surface area contributed by atoms with Crippen LogP contribution in [0.3, 0.4) is 0 Å². The Bertz CT molecular complexity index is 1090. The first-order valence-electron chi connectivity index (χ1n) is 9.27. The number of rotatable bonds is 4. The predicted octanol–water partition coefficient (Wildman–Crippen LogP) is 4.65. The molecule has 0 spiro atoms. The first-order chi connectivity index (χ1) is 13.1. The molecule has 0 radical (unpaired) electrons. The normalized spacial score (nSPS) is 15.8. The second-order valence-corrected chi connectivity index (χ2v) is 8.38. The molecule has 1 aromatic carbocycles. The highest BCUT2D eigenvalue weighted by Crippen LogP contribution is 2.38. The number of fused-ring (bicyclic) bond motifs is 1. The molecule has 3 aromatic heterocycles. The van der Waals surface area contributed by atoms with E-state index in [0.717, 1.165) is 53.0 Å². The zero-order chi connectivity index (χ0) is 18.4. The SMILES string of the molecule is Cc1nn(Cc2ccccc2)c2sc(-c3nc(C4(N)CCCC4)no3)cc12.Cl. The van der Waals surface area contributed by atoms with Gasteiger partial charge >= 0.3 is 0 Å². The van der Waals surface area contributed by atoms with Gasteiger partial charge in [0.05, 0.1) is 22.7 Å². The molecule has 1 aliphatic carbocycles. The van der Waals surface area contributed by atoms with Gasteiger partial charge in [-0.1, -0.05) is 48.3 Å². The van der Waals surface area contributed by atoms with Crippen molar-refractivity contribution < 1.29 is 4.52 Å². The van der Waals surface area contributed by atoms with Crippen LogP contribution in [0.2, 0.25) is 0 Å². The van der Waals surface area contributed by atoms with Crippen molar-refractivity contribution in [1.82, 2.24) is 19.9 Å². The summed E-state index contributed by atoms with van der Waals surface area (Å²) in [5.41, 5.74) is 8.27. The number of benzene rings is 1. The third-order valence-corrected chi connectivity index (χ3v) is 6.50.